The fourth-order valence-electron chi connectivity index (χ4n) is 7.87. The topological polar surface area (TPSA) is 63.0 Å². The van der Waals surface area contributed by atoms with E-state index in [0.29, 0.717) is 5.84 Å². The van der Waals surface area contributed by atoms with Crippen LogP contribution < -0.4 is 5.32 Å². The van der Waals surface area contributed by atoms with Gasteiger partial charge in [-0.15, -0.1) is 0 Å². The lowest BCUT2D eigenvalue weighted by Gasteiger charge is -2.24. The van der Waals surface area contributed by atoms with Gasteiger partial charge < -0.3 is 14.2 Å². The average Bonchev–Trinajstić information content (AvgIpc) is 3.82. The first-order valence-corrected chi connectivity index (χ1v) is 18.2. The van der Waals surface area contributed by atoms with Gasteiger partial charge in [0.25, 0.3) is 0 Å². The third-order valence-corrected chi connectivity index (χ3v) is 10.6. The zero-order valence-electron chi connectivity index (χ0n) is 29.0. The van der Waals surface area contributed by atoms with Gasteiger partial charge in [0.05, 0.1) is 0 Å². The number of nitrogens with zero attached hydrogens (tertiary/aromatic N) is 2. The summed E-state index contributed by atoms with van der Waals surface area (Å²) in [6.45, 7) is 0. The molecule has 2 aromatic heterocycles. The molecule has 1 N–H and O–H groups in total. The SMILES string of the molecule is c1ccc(-c2ccc(C3N=C(c4cccc5oc6c(-c7ccc8oc9ccccc9c8c7)cccc6c45)N=C(c4ccc5ccccc5c4)N3)cc2)cc1. The lowest BCUT2D eigenvalue weighted by Crippen LogP contribution is -2.33. The van der Waals surface area contributed by atoms with E-state index < -0.39 is 0 Å². The highest BCUT2D eigenvalue weighted by Gasteiger charge is 2.24. The molecule has 0 spiro atoms. The van der Waals surface area contributed by atoms with E-state index in [1.165, 1.54) is 10.9 Å². The van der Waals surface area contributed by atoms with Crippen LogP contribution in [0, 0.1) is 0 Å². The molecule has 3 heterocycles. The quantitative estimate of drug-likeness (QED) is 0.195. The lowest BCUT2D eigenvalue weighted by molar-refractivity contribution is 0.668. The number of para-hydroxylation sites is 2. The molecule has 0 radical (unpaired) electrons. The van der Waals surface area contributed by atoms with Crippen LogP contribution in [0.3, 0.4) is 0 Å². The molecule has 0 bridgehead atoms. The van der Waals surface area contributed by atoms with Crippen LogP contribution >= 0.6 is 0 Å². The van der Waals surface area contributed by atoms with Crippen molar-refractivity contribution in [2.24, 2.45) is 9.98 Å². The van der Waals surface area contributed by atoms with Crippen LogP contribution in [-0.4, -0.2) is 11.7 Å². The first-order chi connectivity index (χ1) is 26.7. The highest BCUT2D eigenvalue weighted by molar-refractivity contribution is 6.23. The molecule has 0 saturated carbocycles. The molecule has 1 unspecified atom stereocenters. The van der Waals surface area contributed by atoms with E-state index in [1.54, 1.807) is 0 Å². The molecule has 5 heteroatoms. The minimum atomic E-state index is -0.357. The van der Waals surface area contributed by atoms with E-state index in [-0.39, 0.29) is 6.17 Å². The van der Waals surface area contributed by atoms with Crippen molar-refractivity contribution in [1.29, 1.82) is 0 Å². The normalized spacial score (nSPS) is 14.5. The van der Waals surface area contributed by atoms with Crippen LogP contribution in [0.2, 0.25) is 0 Å². The van der Waals surface area contributed by atoms with Gasteiger partial charge in [0.2, 0.25) is 0 Å². The maximum Gasteiger partial charge on any atom is 0.160 e. The van der Waals surface area contributed by atoms with Gasteiger partial charge in [-0.3, -0.25) is 0 Å². The van der Waals surface area contributed by atoms with Gasteiger partial charge in [-0.1, -0.05) is 146 Å². The summed E-state index contributed by atoms with van der Waals surface area (Å²) in [5.74, 6) is 1.42. The molecule has 10 aromatic rings. The van der Waals surface area contributed by atoms with Crippen molar-refractivity contribution in [2.45, 2.75) is 6.17 Å². The number of benzene rings is 8. The Balaban J connectivity index is 1.07. The molecular formula is C49H31N3O2. The molecule has 54 heavy (non-hydrogen) atoms. The second kappa shape index (κ2) is 12.2. The zero-order valence-corrected chi connectivity index (χ0v) is 29.0. The number of hydrogen-bond acceptors (Lipinski definition) is 5. The number of nitrogens with one attached hydrogen (secondary N) is 1. The van der Waals surface area contributed by atoms with E-state index in [2.05, 4.69) is 145 Å². The van der Waals surface area contributed by atoms with Crippen molar-refractivity contribution in [3.8, 4) is 22.3 Å². The minimum Gasteiger partial charge on any atom is -0.456 e. The third kappa shape index (κ3) is 5.01. The molecule has 0 fully saturated rings. The predicted molar refractivity (Wildman–Crippen MR) is 221 cm³/mol. The molecule has 1 aliphatic rings. The van der Waals surface area contributed by atoms with Crippen molar-refractivity contribution in [1.82, 2.24) is 5.32 Å². The Morgan fingerprint density at radius 1 is 0.444 bits per heavy atom. The molecule has 1 atom stereocenters. The van der Waals surface area contributed by atoms with E-state index in [0.717, 1.165) is 88.5 Å². The number of furan rings is 2. The number of rotatable bonds is 5. The highest BCUT2D eigenvalue weighted by atomic mass is 16.3. The summed E-state index contributed by atoms with van der Waals surface area (Å²) >= 11 is 0. The number of hydrogen-bond donors (Lipinski definition) is 1. The molecule has 1 aliphatic heterocycles. The number of fused-ring (bicyclic) bond motifs is 7. The van der Waals surface area contributed by atoms with Crippen LogP contribution in [0.15, 0.2) is 195 Å². The van der Waals surface area contributed by atoms with E-state index in [9.17, 15) is 0 Å². The Morgan fingerprint density at radius 3 is 2.04 bits per heavy atom. The van der Waals surface area contributed by atoms with Gasteiger partial charge in [0.1, 0.15) is 34.3 Å². The van der Waals surface area contributed by atoms with Crippen LogP contribution in [0.1, 0.15) is 22.9 Å². The van der Waals surface area contributed by atoms with Crippen molar-refractivity contribution in [3.05, 3.63) is 193 Å². The van der Waals surface area contributed by atoms with Crippen molar-refractivity contribution >= 4 is 66.3 Å². The predicted octanol–water partition coefficient (Wildman–Crippen LogP) is 12.5. The van der Waals surface area contributed by atoms with Gasteiger partial charge in [-0.05, 0) is 63.4 Å². The van der Waals surface area contributed by atoms with Gasteiger partial charge in [0, 0.05) is 38.2 Å². The Labute approximate surface area is 310 Å². The molecule has 8 aromatic carbocycles. The zero-order chi connectivity index (χ0) is 35.6. The van der Waals surface area contributed by atoms with E-state index in [1.807, 2.05) is 36.4 Å². The Kier molecular flexibility index (Phi) is 6.85. The number of amidine groups is 2. The van der Waals surface area contributed by atoms with Crippen LogP contribution in [0.4, 0.5) is 0 Å². The first-order valence-electron chi connectivity index (χ1n) is 18.2. The molecule has 0 aliphatic carbocycles. The number of aliphatic imine (C=N–C) groups is 2. The van der Waals surface area contributed by atoms with Gasteiger partial charge in [-0.2, -0.15) is 0 Å². The smallest absolute Gasteiger partial charge is 0.160 e. The van der Waals surface area contributed by atoms with Crippen molar-refractivity contribution in [2.75, 3.05) is 0 Å². The molecule has 5 nitrogen and oxygen atoms in total. The summed E-state index contributed by atoms with van der Waals surface area (Å²) in [6.07, 6.45) is -0.357. The van der Waals surface area contributed by atoms with Gasteiger partial charge in [0.15, 0.2) is 5.84 Å². The first kappa shape index (κ1) is 30.4. The fourth-order valence-corrected chi connectivity index (χ4v) is 7.87. The van der Waals surface area contributed by atoms with Gasteiger partial charge in [-0.25, -0.2) is 9.98 Å². The maximum atomic E-state index is 6.73. The lowest BCUT2D eigenvalue weighted by atomic mass is 9.98. The van der Waals surface area contributed by atoms with Gasteiger partial charge >= 0.3 is 0 Å². The summed E-state index contributed by atoms with van der Waals surface area (Å²) in [7, 11) is 0. The second-order valence-corrected chi connectivity index (χ2v) is 13.8. The minimum absolute atomic E-state index is 0.357. The maximum absolute atomic E-state index is 6.73. The summed E-state index contributed by atoms with van der Waals surface area (Å²) in [6, 6.07) is 61.0. The van der Waals surface area contributed by atoms with Crippen LogP contribution in [-0.2, 0) is 0 Å². The average molecular weight is 694 g/mol. The third-order valence-electron chi connectivity index (χ3n) is 10.6. The van der Waals surface area contributed by atoms with E-state index in [4.69, 9.17) is 18.8 Å². The molecule has 0 amide bonds. The molecular weight excluding hydrogens is 663 g/mol. The van der Waals surface area contributed by atoms with Crippen molar-refractivity contribution < 1.29 is 8.83 Å². The van der Waals surface area contributed by atoms with Crippen molar-refractivity contribution in [3.63, 3.8) is 0 Å². The fraction of sp³-hybridized carbons (Fsp3) is 0.0204. The summed E-state index contributed by atoms with van der Waals surface area (Å²) in [5, 5.41) is 10.2. The highest BCUT2D eigenvalue weighted by Crippen LogP contribution is 2.40. The summed E-state index contributed by atoms with van der Waals surface area (Å²) in [5.41, 5.74) is 10.8. The van der Waals surface area contributed by atoms with Crippen LogP contribution in [0.25, 0.3) is 76.9 Å². The largest absolute Gasteiger partial charge is 0.456 e. The summed E-state index contributed by atoms with van der Waals surface area (Å²) < 4.78 is 12.9. The Bertz CT molecular complexity index is 3130. The Hall–Kier alpha value is -7.24. The second-order valence-electron chi connectivity index (χ2n) is 13.8. The van der Waals surface area contributed by atoms with Crippen LogP contribution in [0.5, 0.6) is 0 Å². The monoisotopic (exact) mass is 693 g/mol. The molecule has 254 valence electrons. The summed E-state index contributed by atoms with van der Waals surface area (Å²) in [4.78, 5) is 10.6. The molecule has 0 saturated heterocycles. The van der Waals surface area contributed by atoms with E-state index >= 15 is 0 Å². The Morgan fingerprint density at radius 2 is 1.13 bits per heavy atom. The standard InChI is InChI=1S/C49H31N3O2/c1-2-10-30(11-3-1)32-20-23-33(24-21-32)47-50-48(36-25-22-31-12-4-5-13-34(31)28-36)52-49(51-47)40-17-9-19-44-45(40)39-16-8-15-37(46(39)54-44)35-26-27-43-41(29-35)38-14-6-7-18-42(38)53-43/h1-29,47H,(H,50,51,52). The molecule has 11 rings (SSSR count).